The molecule has 0 bridgehead atoms. The second kappa shape index (κ2) is 6.25. The molecule has 1 aromatic rings. The van der Waals surface area contributed by atoms with Crippen LogP contribution in [0.4, 0.5) is 0 Å². The summed E-state index contributed by atoms with van der Waals surface area (Å²) >= 11 is 2.06. The van der Waals surface area contributed by atoms with Gasteiger partial charge in [-0.25, -0.2) is 0 Å². The molecule has 0 aromatic carbocycles. The molecule has 1 N–H and O–H groups in total. The molecule has 3 rings (SSSR count). The van der Waals surface area contributed by atoms with Crippen molar-refractivity contribution in [2.24, 2.45) is 0 Å². The van der Waals surface area contributed by atoms with E-state index in [4.69, 9.17) is 0 Å². The quantitative estimate of drug-likeness (QED) is 0.894. The Morgan fingerprint density at radius 3 is 3.00 bits per heavy atom. The van der Waals surface area contributed by atoms with Crippen LogP contribution in [0.3, 0.4) is 0 Å². The molecule has 19 heavy (non-hydrogen) atoms. The molecule has 1 saturated heterocycles. The Morgan fingerprint density at radius 1 is 1.42 bits per heavy atom. The van der Waals surface area contributed by atoms with Crippen molar-refractivity contribution in [1.82, 2.24) is 15.2 Å². The van der Waals surface area contributed by atoms with Gasteiger partial charge < -0.3 is 5.32 Å². The van der Waals surface area contributed by atoms with Crippen LogP contribution >= 0.6 is 11.8 Å². The molecule has 3 nitrogen and oxygen atoms in total. The first-order valence-electron chi connectivity index (χ1n) is 7.30. The van der Waals surface area contributed by atoms with E-state index in [0.717, 1.165) is 19.1 Å². The number of hydrogen-bond acceptors (Lipinski definition) is 4. The highest BCUT2D eigenvalue weighted by molar-refractivity contribution is 7.99. The third-order valence-electron chi connectivity index (χ3n) is 3.93. The predicted molar refractivity (Wildman–Crippen MR) is 81.3 cm³/mol. The molecule has 0 radical (unpaired) electrons. The highest BCUT2D eigenvalue weighted by atomic mass is 32.2. The number of pyridine rings is 1. The molecule has 1 aromatic heterocycles. The lowest BCUT2D eigenvalue weighted by Crippen LogP contribution is -2.39. The fourth-order valence-electron chi connectivity index (χ4n) is 2.41. The zero-order valence-electron chi connectivity index (χ0n) is 11.6. The van der Waals surface area contributed by atoms with Gasteiger partial charge in [-0.2, -0.15) is 11.8 Å². The van der Waals surface area contributed by atoms with E-state index in [0.29, 0.717) is 6.04 Å². The average molecular weight is 277 g/mol. The summed E-state index contributed by atoms with van der Waals surface area (Å²) in [7, 11) is 0. The lowest BCUT2D eigenvalue weighted by Gasteiger charge is -2.32. The third-order valence-corrected chi connectivity index (χ3v) is 5.12. The van der Waals surface area contributed by atoms with Gasteiger partial charge >= 0.3 is 0 Å². The van der Waals surface area contributed by atoms with Gasteiger partial charge in [0.05, 0.1) is 5.69 Å². The topological polar surface area (TPSA) is 28.2 Å². The Hall–Kier alpha value is -0.580. The maximum atomic E-state index is 4.62. The normalized spacial score (nSPS) is 24.6. The summed E-state index contributed by atoms with van der Waals surface area (Å²) in [6.45, 7) is 5.48. The lowest BCUT2D eigenvalue weighted by atomic mass is 10.2. The minimum Gasteiger partial charge on any atom is -0.310 e. The summed E-state index contributed by atoms with van der Waals surface area (Å²) in [6, 6.07) is 5.86. The van der Waals surface area contributed by atoms with Crippen molar-refractivity contribution in [2.75, 3.05) is 18.1 Å². The van der Waals surface area contributed by atoms with Crippen LogP contribution in [0, 0.1) is 0 Å². The van der Waals surface area contributed by atoms with E-state index in [2.05, 4.69) is 46.0 Å². The molecule has 0 amide bonds. The molecular weight excluding hydrogens is 254 g/mol. The second-order valence-electron chi connectivity index (χ2n) is 5.71. The first-order chi connectivity index (χ1) is 9.31. The summed E-state index contributed by atoms with van der Waals surface area (Å²) in [6.07, 6.45) is 4.72. The van der Waals surface area contributed by atoms with Gasteiger partial charge in [-0.1, -0.05) is 6.07 Å². The van der Waals surface area contributed by atoms with E-state index < -0.39 is 0 Å². The van der Waals surface area contributed by atoms with Crippen molar-refractivity contribution >= 4 is 11.8 Å². The SMILES string of the molecule is CC1CSCCN1Cc1ccc(CNC2CC2)cn1. The van der Waals surface area contributed by atoms with Crippen molar-refractivity contribution in [2.45, 2.75) is 44.9 Å². The number of rotatable bonds is 5. The zero-order chi connectivity index (χ0) is 13.1. The van der Waals surface area contributed by atoms with Crippen LogP contribution in [-0.4, -0.2) is 40.0 Å². The molecule has 1 aliphatic heterocycles. The van der Waals surface area contributed by atoms with Gasteiger partial charge in [0.25, 0.3) is 0 Å². The van der Waals surface area contributed by atoms with Crippen molar-refractivity contribution in [3.63, 3.8) is 0 Å². The minimum atomic E-state index is 0.678. The maximum absolute atomic E-state index is 4.62. The summed E-state index contributed by atoms with van der Waals surface area (Å²) in [5, 5.41) is 3.53. The molecule has 1 unspecified atom stereocenters. The first-order valence-corrected chi connectivity index (χ1v) is 8.46. The van der Waals surface area contributed by atoms with Gasteiger partial charge in [0.15, 0.2) is 0 Å². The van der Waals surface area contributed by atoms with Gasteiger partial charge in [0.2, 0.25) is 0 Å². The highest BCUT2D eigenvalue weighted by Gasteiger charge is 2.20. The lowest BCUT2D eigenvalue weighted by molar-refractivity contribution is 0.221. The third kappa shape index (κ3) is 3.94. The summed E-state index contributed by atoms with van der Waals surface area (Å²) in [4.78, 5) is 7.16. The molecule has 1 atom stereocenters. The van der Waals surface area contributed by atoms with E-state index >= 15 is 0 Å². The smallest absolute Gasteiger partial charge is 0.0544 e. The fourth-order valence-corrected chi connectivity index (χ4v) is 3.49. The number of thioether (sulfide) groups is 1. The average Bonchev–Trinajstić information content (AvgIpc) is 3.25. The number of aromatic nitrogens is 1. The number of nitrogens with zero attached hydrogens (tertiary/aromatic N) is 2. The molecule has 2 heterocycles. The van der Waals surface area contributed by atoms with E-state index in [1.54, 1.807) is 0 Å². The van der Waals surface area contributed by atoms with Gasteiger partial charge in [-0.05, 0) is 31.4 Å². The van der Waals surface area contributed by atoms with Crippen molar-refractivity contribution in [3.8, 4) is 0 Å². The number of hydrogen-bond donors (Lipinski definition) is 1. The Labute approximate surface area is 120 Å². The largest absolute Gasteiger partial charge is 0.310 e. The molecular formula is C15H23N3S. The standard InChI is InChI=1S/C15H23N3S/c1-12-11-19-7-6-18(12)10-15-3-2-13(9-17-15)8-16-14-4-5-14/h2-3,9,12,14,16H,4-8,10-11H2,1H3. The predicted octanol–water partition coefficient (Wildman–Crippen LogP) is 2.27. The molecule has 2 fully saturated rings. The maximum Gasteiger partial charge on any atom is 0.0544 e. The van der Waals surface area contributed by atoms with Crippen molar-refractivity contribution < 1.29 is 0 Å². The van der Waals surface area contributed by atoms with E-state index in [1.165, 1.54) is 42.1 Å². The highest BCUT2D eigenvalue weighted by Crippen LogP contribution is 2.20. The second-order valence-corrected chi connectivity index (χ2v) is 6.86. The summed E-state index contributed by atoms with van der Waals surface area (Å²) in [5.74, 6) is 2.51. The van der Waals surface area contributed by atoms with Crippen LogP contribution < -0.4 is 5.32 Å². The van der Waals surface area contributed by atoms with Crippen LogP contribution in [0.5, 0.6) is 0 Å². The zero-order valence-corrected chi connectivity index (χ0v) is 12.5. The molecule has 1 saturated carbocycles. The van der Waals surface area contributed by atoms with Gasteiger partial charge in [0.1, 0.15) is 0 Å². The minimum absolute atomic E-state index is 0.678. The van der Waals surface area contributed by atoms with Crippen LogP contribution in [-0.2, 0) is 13.1 Å². The van der Waals surface area contributed by atoms with Crippen LogP contribution in [0.1, 0.15) is 31.0 Å². The first kappa shape index (κ1) is 13.4. The monoisotopic (exact) mass is 277 g/mol. The fraction of sp³-hybridized carbons (Fsp3) is 0.667. The van der Waals surface area contributed by atoms with Gasteiger partial charge in [-0.3, -0.25) is 9.88 Å². The Morgan fingerprint density at radius 2 is 2.32 bits per heavy atom. The van der Waals surface area contributed by atoms with Crippen LogP contribution in [0.15, 0.2) is 18.3 Å². The summed E-state index contributed by atoms with van der Waals surface area (Å²) in [5.41, 5.74) is 2.51. The van der Waals surface area contributed by atoms with Gasteiger partial charge in [-0.15, -0.1) is 0 Å². The van der Waals surface area contributed by atoms with E-state index in [1.807, 2.05) is 6.20 Å². The molecule has 104 valence electrons. The van der Waals surface area contributed by atoms with Crippen LogP contribution in [0.2, 0.25) is 0 Å². The molecule has 0 spiro atoms. The van der Waals surface area contributed by atoms with E-state index in [9.17, 15) is 0 Å². The number of nitrogens with one attached hydrogen (secondary N) is 1. The van der Waals surface area contributed by atoms with Crippen LogP contribution in [0.25, 0.3) is 0 Å². The van der Waals surface area contributed by atoms with Crippen molar-refractivity contribution in [1.29, 1.82) is 0 Å². The molecule has 2 aliphatic rings. The Bertz CT molecular complexity index is 402. The van der Waals surface area contributed by atoms with Crippen molar-refractivity contribution in [3.05, 3.63) is 29.6 Å². The Kier molecular flexibility index (Phi) is 4.41. The van der Waals surface area contributed by atoms with Gasteiger partial charge in [0, 0.05) is 49.4 Å². The molecule has 4 heteroatoms. The Balaban J connectivity index is 1.52. The molecule has 1 aliphatic carbocycles. The summed E-state index contributed by atoms with van der Waals surface area (Å²) < 4.78 is 0. The van der Waals surface area contributed by atoms with E-state index in [-0.39, 0.29) is 0 Å².